The average Bonchev–Trinajstić information content (AvgIpc) is 2.68. The fraction of sp³-hybridized carbons (Fsp3) is 0.667. The van der Waals surface area contributed by atoms with Crippen molar-refractivity contribution < 1.29 is 4.74 Å². The monoisotopic (exact) mass is 375 g/mol. The van der Waals surface area contributed by atoms with Gasteiger partial charge in [0.05, 0.1) is 7.11 Å². The number of piperazine rings is 1. The van der Waals surface area contributed by atoms with Gasteiger partial charge in [-0.05, 0) is 31.0 Å². The van der Waals surface area contributed by atoms with Gasteiger partial charge in [-0.1, -0.05) is 32.0 Å². The van der Waals surface area contributed by atoms with Crippen molar-refractivity contribution in [2.75, 3.05) is 60.5 Å². The number of likely N-dealkylation sites (N-methyl/N-ethyl adjacent to an activating group) is 1. The van der Waals surface area contributed by atoms with Crippen LogP contribution in [0.15, 0.2) is 29.3 Å². The van der Waals surface area contributed by atoms with Gasteiger partial charge in [0.2, 0.25) is 0 Å². The number of hydrogen-bond acceptors (Lipinski definition) is 4. The number of methoxy groups -OCH3 is 1. The van der Waals surface area contributed by atoms with E-state index in [9.17, 15) is 0 Å². The third-order valence-electron chi connectivity index (χ3n) is 5.36. The topological polar surface area (TPSA) is 52.1 Å². The van der Waals surface area contributed by atoms with E-state index in [1.807, 2.05) is 25.2 Å². The predicted octanol–water partition coefficient (Wildman–Crippen LogP) is 1.67. The molecule has 1 saturated heterocycles. The Bertz CT molecular complexity index is 582. The van der Waals surface area contributed by atoms with Crippen molar-refractivity contribution in [1.29, 1.82) is 0 Å². The van der Waals surface area contributed by atoms with Gasteiger partial charge >= 0.3 is 0 Å². The molecule has 0 radical (unpaired) electrons. The summed E-state index contributed by atoms with van der Waals surface area (Å²) in [7, 11) is 5.75. The quantitative estimate of drug-likeness (QED) is 0.535. The van der Waals surface area contributed by atoms with Gasteiger partial charge in [-0.15, -0.1) is 0 Å². The van der Waals surface area contributed by atoms with Crippen molar-refractivity contribution in [3.8, 4) is 5.75 Å². The molecule has 2 N–H and O–H groups in total. The van der Waals surface area contributed by atoms with E-state index in [1.54, 1.807) is 7.11 Å². The average molecular weight is 376 g/mol. The number of nitrogens with one attached hydrogen (secondary N) is 2. The van der Waals surface area contributed by atoms with E-state index in [4.69, 9.17) is 4.74 Å². The van der Waals surface area contributed by atoms with E-state index in [0.717, 1.165) is 57.4 Å². The molecule has 0 aromatic heterocycles. The molecule has 1 aliphatic rings. The minimum atomic E-state index is 0.520. The van der Waals surface area contributed by atoms with Crippen LogP contribution in [0.4, 0.5) is 0 Å². The van der Waals surface area contributed by atoms with Crippen molar-refractivity contribution >= 4 is 5.96 Å². The molecule has 152 valence electrons. The van der Waals surface area contributed by atoms with Gasteiger partial charge in [0.1, 0.15) is 5.75 Å². The van der Waals surface area contributed by atoms with Gasteiger partial charge in [-0.3, -0.25) is 9.89 Å². The second-order valence-electron chi connectivity index (χ2n) is 7.59. The molecule has 0 spiro atoms. The van der Waals surface area contributed by atoms with E-state index in [1.165, 1.54) is 5.56 Å². The first-order valence-electron chi connectivity index (χ1n) is 10.0. The molecular formula is C21H37N5O. The zero-order chi connectivity index (χ0) is 19.6. The summed E-state index contributed by atoms with van der Waals surface area (Å²) in [5.41, 5.74) is 1.21. The zero-order valence-electron chi connectivity index (χ0n) is 17.7. The van der Waals surface area contributed by atoms with Crippen LogP contribution < -0.4 is 15.4 Å². The Balaban J connectivity index is 1.81. The highest BCUT2D eigenvalue weighted by atomic mass is 16.5. The summed E-state index contributed by atoms with van der Waals surface area (Å²) in [4.78, 5) is 9.40. The molecule has 27 heavy (non-hydrogen) atoms. The number of nitrogens with zero attached hydrogens (tertiary/aromatic N) is 3. The van der Waals surface area contributed by atoms with Gasteiger partial charge in [0.25, 0.3) is 0 Å². The van der Waals surface area contributed by atoms with Crippen LogP contribution in [0.25, 0.3) is 0 Å². The third-order valence-corrected chi connectivity index (χ3v) is 5.36. The van der Waals surface area contributed by atoms with Crippen LogP contribution in [-0.2, 0) is 6.42 Å². The highest BCUT2D eigenvalue weighted by molar-refractivity contribution is 5.79. The van der Waals surface area contributed by atoms with Crippen molar-refractivity contribution in [2.45, 2.75) is 26.3 Å². The SMILES string of the molecule is CN=C(NCCc1ccccc1OC)NCC(C(C)C)N1CCN(C)CC1. The van der Waals surface area contributed by atoms with Crippen LogP contribution in [0.1, 0.15) is 19.4 Å². The van der Waals surface area contributed by atoms with Gasteiger partial charge in [0, 0.05) is 52.4 Å². The lowest BCUT2D eigenvalue weighted by molar-refractivity contribution is 0.0900. The standard InChI is InChI=1S/C21H37N5O/c1-17(2)19(26-14-12-25(4)13-15-26)16-24-21(22-3)23-11-10-18-8-6-7-9-20(18)27-5/h6-9,17,19H,10-16H2,1-5H3,(H2,22,23,24). The Labute approximate surface area is 165 Å². The van der Waals surface area contributed by atoms with Crippen LogP contribution in [0, 0.1) is 5.92 Å². The summed E-state index contributed by atoms with van der Waals surface area (Å²) in [5.74, 6) is 2.41. The number of guanidine groups is 1. The van der Waals surface area contributed by atoms with Crippen LogP contribution in [-0.4, -0.2) is 82.3 Å². The summed E-state index contributed by atoms with van der Waals surface area (Å²) >= 11 is 0. The molecule has 6 nitrogen and oxygen atoms in total. The fourth-order valence-electron chi connectivity index (χ4n) is 3.59. The van der Waals surface area contributed by atoms with Crippen LogP contribution in [0.5, 0.6) is 5.75 Å². The highest BCUT2D eigenvalue weighted by Gasteiger charge is 2.25. The Morgan fingerprint density at radius 1 is 1.15 bits per heavy atom. The van der Waals surface area contributed by atoms with E-state index in [-0.39, 0.29) is 0 Å². The largest absolute Gasteiger partial charge is 0.496 e. The van der Waals surface area contributed by atoms with Gasteiger partial charge in [-0.25, -0.2) is 0 Å². The molecule has 1 aromatic carbocycles. The molecule has 1 aliphatic heterocycles. The Hall–Kier alpha value is -1.79. The van der Waals surface area contributed by atoms with Gasteiger partial charge in [0.15, 0.2) is 5.96 Å². The van der Waals surface area contributed by atoms with E-state index in [2.05, 4.69) is 52.4 Å². The smallest absolute Gasteiger partial charge is 0.191 e. The van der Waals surface area contributed by atoms with Gasteiger partial charge < -0.3 is 20.3 Å². The number of hydrogen-bond donors (Lipinski definition) is 2. The summed E-state index contributed by atoms with van der Waals surface area (Å²) in [6.45, 7) is 10.9. The molecule has 0 aliphatic carbocycles. The van der Waals surface area contributed by atoms with Crippen molar-refractivity contribution in [2.24, 2.45) is 10.9 Å². The maximum Gasteiger partial charge on any atom is 0.191 e. The summed E-state index contributed by atoms with van der Waals surface area (Å²) in [6, 6.07) is 8.69. The first-order valence-corrected chi connectivity index (χ1v) is 10.0. The molecule has 1 heterocycles. The second-order valence-corrected chi connectivity index (χ2v) is 7.59. The number of aliphatic imine (C=N–C) groups is 1. The first-order chi connectivity index (χ1) is 13.0. The number of para-hydroxylation sites is 1. The Morgan fingerprint density at radius 2 is 1.85 bits per heavy atom. The van der Waals surface area contributed by atoms with Crippen LogP contribution in [0.2, 0.25) is 0 Å². The summed E-state index contributed by atoms with van der Waals surface area (Å²) in [6.07, 6.45) is 0.900. The Morgan fingerprint density at radius 3 is 2.48 bits per heavy atom. The van der Waals surface area contributed by atoms with E-state index in [0.29, 0.717) is 12.0 Å². The molecule has 0 amide bonds. The van der Waals surface area contributed by atoms with Crippen LogP contribution >= 0.6 is 0 Å². The zero-order valence-corrected chi connectivity index (χ0v) is 17.7. The third kappa shape index (κ3) is 6.70. The molecule has 1 fully saturated rings. The minimum absolute atomic E-state index is 0.520. The normalized spacial score (nSPS) is 17.8. The number of benzene rings is 1. The van der Waals surface area contributed by atoms with Crippen molar-refractivity contribution in [1.82, 2.24) is 20.4 Å². The molecule has 6 heteroatoms. The number of ether oxygens (including phenoxy) is 1. The van der Waals surface area contributed by atoms with Crippen molar-refractivity contribution in [3.05, 3.63) is 29.8 Å². The predicted molar refractivity (Wildman–Crippen MR) is 114 cm³/mol. The Kier molecular flexibility index (Phi) is 8.88. The molecule has 2 rings (SSSR count). The second kappa shape index (κ2) is 11.1. The van der Waals surface area contributed by atoms with E-state index < -0.39 is 0 Å². The number of rotatable bonds is 8. The van der Waals surface area contributed by atoms with E-state index >= 15 is 0 Å². The molecule has 1 aromatic rings. The lowest BCUT2D eigenvalue weighted by Gasteiger charge is -2.40. The minimum Gasteiger partial charge on any atom is -0.496 e. The first kappa shape index (κ1) is 21.5. The maximum absolute atomic E-state index is 5.43. The molecule has 1 atom stereocenters. The lowest BCUT2D eigenvalue weighted by Crippen LogP contribution is -2.55. The molecule has 0 saturated carbocycles. The highest BCUT2D eigenvalue weighted by Crippen LogP contribution is 2.17. The molecular weight excluding hydrogens is 338 g/mol. The van der Waals surface area contributed by atoms with Crippen molar-refractivity contribution in [3.63, 3.8) is 0 Å². The fourth-order valence-corrected chi connectivity index (χ4v) is 3.59. The van der Waals surface area contributed by atoms with Gasteiger partial charge in [-0.2, -0.15) is 0 Å². The maximum atomic E-state index is 5.43. The summed E-state index contributed by atoms with van der Waals surface area (Å²) in [5, 5.41) is 6.96. The van der Waals surface area contributed by atoms with Crippen LogP contribution in [0.3, 0.4) is 0 Å². The summed E-state index contributed by atoms with van der Waals surface area (Å²) < 4.78 is 5.43. The molecule has 1 unspecified atom stereocenters. The lowest BCUT2D eigenvalue weighted by atomic mass is 10.0. The molecule has 0 bridgehead atoms.